The van der Waals surface area contributed by atoms with Crippen molar-refractivity contribution >= 4 is 20.9 Å². The van der Waals surface area contributed by atoms with Gasteiger partial charge in [-0.25, -0.2) is 0 Å². The molecule has 2 fully saturated rings. The highest BCUT2D eigenvalue weighted by Gasteiger charge is 2.42. The van der Waals surface area contributed by atoms with Gasteiger partial charge in [-0.05, 0) is 43.8 Å². The van der Waals surface area contributed by atoms with E-state index in [4.69, 9.17) is 4.43 Å². The van der Waals surface area contributed by atoms with E-state index in [2.05, 4.69) is 19.2 Å². The van der Waals surface area contributed by atoms with Crippen molar-refractivity contribution in [3.8, 4) is 0 Å². The molecule has 0 aromatic carbocycles. The molecule has 3 unspecified atom stereocenters. The van der Waals surface area contributed by atoms with Crippen molar-refractivity contribution in [2.45, 2.75) is 55.5 Å². The lowest BCUT2D eigenvalue weighted by Gasteiger charge is -2.36. The second kappa shape index (κ2) is 3.95. The van der Waals surface area contributed by atoms with Gasteiger partial charge in [-0.2, -0.15) is 12.6 Å². The number of hydrogen-bond acceptors (Lipinski definition) is 2. The summed E-state index contributed by atoms with van der Waals surface area (Å²) in [5, 5.41) is 0.667. The molecule has 0 aromatic heterocycles. The van der Waals surface area contributed by atoms with Crippen LogP contribution in [0.15, 0.2) is 0 Å². The smallest absolute Gasteiger partial charge is 0.192 e. The van der Waals surface area contributed by atoms with Crippen molar-refractivity contribution in [1.82, 2.24) is 0 Å². The fourth-order valence-corrected chi connectivity index (χ4v) is 7.30. The van der Waals surface area contributed by atoms with E-state index in [9.17, 15) is 0 Å². The molecule has 1 aliphatic heterocycles. The van der Waals surface area contributed by atoms with Crippen molar-refractivity contribution in [3.05, 3.63) is 0 Å². The summed E-state index contributed by atoms with van der Waals surface area (Å²) in [6.07, 6.45) is 6.73. The third-order valence-corrected chi connectivity index (χ3v) is 8.70. The van der Waals surface area contributed by atoms with Gasteiger partial charge in [0.2, 0.25) is 0 Å². The molecule has 1 aliphatic carbocycles. The monoisotopic (exact) mass is 216 g/mol. The van der Waals surface area contributed by atoms with Crippen LogP contribution in [0.1, 0.15) is 32.1 Å². The third kappa shape index (κ3) is 2.13. The summed E-state index contributed by atoms with van der Waals surface area (Å²) in [4.78, 5) is 0. The van der Waals surface area contributed by atoms with Crippen LogP contribution in [-0.2, 0) is 4.43 Å². The number of rotatable bonds is 1. The van der Waals surface area contributed by atoms with Crippen molar-refractivity contribution in [2.75, 3.05) is 6.61 Å². The van der Waals surface area contributed by atoms with E-state index in [-0.39, 0.29) is 0 Å². The Morgan fingerprint density at radius 1 is 1.31 bits per heavy atom. The summed E-state index contributed by atoms with van der Waals surface area (Å²) in [5.74, 6) is 0. The van der Waals surface area contributed by atoms with E-state index < -0.39 is 8.32 Å². The van der Waals surface area contributed by atoms with Crippen molar-refractivity contribution in [2.24, 2.45) is 0 Å². The first kappa shape index (κ1) is 10.1. The van der Waals surface area contributed by atoms with E-state index in [0.717, 1.165) is 12.1 Å². The molecule has 1 heterocycles. The van der Waals surface area contributed by atoms with Crippen molar-refractivity contribution in [3.63, 3.8) is 0 Å². The Labute approximate surface area is 87.8 Å². The van der Waals surface area contributed by atoms with E-state index in [0.29, 0.717) is 5.25 Å². The summed E-state index contributed by atoms with van der Waals surface area (Å²) in [6, 6.07) is 1.40. The van der Waals surface area contributed by atoms with Gasteiger partial charge in [0, 0.05) is 11.9 Å². The normalized spacial score (nSPS) is 46.6. The van der Waals surface area contributed by atoms with Crippen LogP contribution in [0.25, 0.3) is 0 Å². The lowest BCUT2D eigenvalue weighted by molar-refractivity contribution is 0.261. The first-order valence-electron chi connectivity index (χ1n) is 5.53. The molecule has 0 amide bonds. The van der Waals surface area contributed by atoms with Crippen LogP contribution in [-0.4, -0.2) is 20.2 Å². The van der Waals surface area contributed by atoms with E-state index >= 15 is 0 Å². The SMILES string of the molecule is C[Si]1(C2CCC(S)C2)CCCCO1. The summed E-state index contributed by atoms with van der Waals surface area (Å²) in [5.41, 5.74) is 0.912. The van der Waals surface area contributed by atoms with Gasteiger partial charge in [-0.3, -0.25) is 0 Å². The number of thiol groups is 1. The van der Waals surface area contributed by atoms with Crippen LogP contribution in [0.5, 0.6) is 0 Å². The van der Waals surface area contributed by atoms with E-state index in [1.165, 1.54) is 38.1 Å². The maximum absolute atomic E-state index is 6.10. The molecule has 13 heavy (non-hydrogen) atoms. The zero-order chi connectivity index (χ0) is 9.31. The van der Waals surface area contributed by atoms with Crippen LogP contribution in [0.2, 0.25) is 18.1 Å². The molecule has 1 saturated heterocycles. The van der Waals surface area contributed by atoms with Crippen LogP contribution >= 0.6 is 12.6 Å². The summed E-state index contributed by atoms with van der Waals surface area (Å²) >= 11 is 4.58. The zero-order valence-electron chi connectivity index (χ0n) is 8.46. The van der Waals surface area contributed by atoms with Crippen LogP contribution in [0, 0.1) is 0 Å². The Bertz CT molecular complexity index is 180. The molecule has 0 aromatic rings. The van der Waals surface area contributed by atoms with Gasteiger partial charge in [0.1, 0.15) is 0 Å². The molecule has 1 nitrogen and oxygen atoms in total. The fraction of sp³-hybridized carbons (Fsp3) is 1.00. The lowest BCUT2D eigenvalue weighted by atomic mass is 10.3. The molecule has 1 saturated carbocycles. The highest BCUT2D eigenvalue weighted by Crippen LogP contribution is 2.44. The Balaban J connectivity index is 1.97. The first-order chi connectivity index (χ1) is 6.21. The van der Waals surface area contributed by atoms with Gasteiger partial charge in [0.05, 0.1) is 0 Å². The topological polar surface area (TPSA) is 9.23 Å². The summed E-state index contributed by atoms with van der Waals surface area (Å²) < 4.78 is 6.10. The van der Waals surface area contributed by atoms with Gasteiger partial charge < -0.3 is 4.43 Å². The molecule has 2 rings (SSSR count). The second-order valence-corrected chi connectivity index (χ2v) is 9.74. The van der Waals surface area contributed by atoms with Gasteiger partial charge in [-0.15, -0.1) is 0 Å². The molecule has 76 valence electrons. The molecule has 2 aliphatic rings. The third-order valence-electron chi connectivity index (χ3n) is 3.77. The van der Waals surface area contributed by atoms with Crippen LogP contribution < -0.4 is 0 Å². The predicted molar refractivity (Wildman–Crippen MR) is 62.0 cm³/mol. The highest BCUT2D eigenvalue weighted by molar-refractivity contribution is 7.81. The van der Waals surface area contributed by atoms with Crippen LogP contribution in [0.3, 0.4) is 0 Å². The minimum Gasteiger partial charge on any atom is -0.417 e. The predicted octanol–water partition coefficient (Wildman–Crippen LogP) is 3.22. The highest BCUT2D eigenvalue weighted by atomic mass is 32.1. The average molecular weight is 216 g/mol. The minimum atomic E-state index is -1.29. The van der Waals surface area contributed by atoms with Crippen LogP contribution in [0.4, 0.5) is 0 Å². The van der Waals surface area contributed by atoms with Gasteiger partial charge >= 0.3 is 0 Å². The summed E-state index contributed by atoms with van der Waals surface area (Å²) in [7, 11) is -1.29. The average Bonchev–Trinajstić information content (AvgIpc) is 2.54. The molecule has 0 N–H and O–H groups in total. The first-order valence-corrected chi connectivity index (χ1v) is 8.74. The Hall–Kier alpha value is 0.527. The molecule has 3 heteroatoms. The Kier molecular flexibility index (Phi) is 3.06. The van der Waals surface area contributed by atoms with E-state index in [1.54, 1.807) is 0 Å². The van der Waals surface area contributed by atoms with Crippen molar-refractivity contribution < 1.29 is 4.43 Å². The lowest BCUT2D eigenvalue weighted by Crippen LogP contribution is -2.42. The molecular formula is C10H20OSSi. The van der Waals surface area contributed by atoms with Gasteiger partial charge in [0.25, 0.3) is 0 Å². The molecule has 0 radical (unpaired) electrons. The van der Waals surface area contributed by atoms with Gasteiger partial charge in [0.15, 0.2) is 8.32 Å². The standard InChI is InChI=1S/C10H20OSSi/c1-13(7-3-2-6-11-13)10-5-4-9(12)8-10/h9-10,12H,2-8H2,1H3. The summed E-state index contributed by atoms with van der Waals surface area (Å²) in [6.45, 7) is 3.49. The molecular weight excluding hydrogens is 196 g/mol. The number of hydrogen-bond donors (Lipinski definition) is 1. The Morgan fingerprint density at radius 3 is 2.69 bits per heavy atom. The molecule has 0 bridgehead atoms. The molecule has 3 atom stereocenters. The fourth-order valence-electron chi connectivity index (χ4n) is 2.79. The quantitative estimate of drug-likeness (QED) is 0.523. The Morgan fingerprint density at radius 2 is 2.15 bits per heavy atom. The molecule has 0 spiro atoms. The minimum absolute atomic E-state index is 0.667. The maximum atomic E-state index is 6.10. The largest absolute Gasteiger partial charge is 0.417 e. The zero-order valence-corrected chi connectivity index (χ0v) is 10.4. The van der Waals surface area contributed by atoms with E-state index in [1.807, 2.05) is 0 Å². The van der Waals surface area contributed by atoms with Gasteiger partial charge in [-0.1, -0.05) is 6.42 Å². The van der Waals surface area contributed by atoms with Crippen molar-refractivity contribution in [1.29, 1.82) is 0 Å². The maximum Gasteiger partial charge on any atom is 0.192 e. The second-order valence-electron chi connectivity index (χ2n) is 4.78.